The molecular formula is C61H103N2O6P. The Hall–Kier alpha value is -3.36. The number of aliphatic hydroxyl groups excluding tert-OH is 1. The lowest BCUT2D eigenvalue weighted by atomic mass is 10.1. The van der Waals surface area contributed by atoms with Gasteiger partial charge in [0.05, 0.1) is 39.9 Å². The molecule has 0 heterocycles. The van der Waals surface area contributed by atoms with Crippen LogP contribution in [0.2, 0.25) is 0 Å². The fourth-order valence-corrected chi connectivity index (χ4v) is 7.78. The fourth-order valence-electron chi connectivity index (χ4n) is 7.06. The van der Waals surface area contributed by atoms with E-state index in [1.54, 1.807) is 6.08 Å². The van der Waals surface area contributed by atoms with Crippen molar-refractivity contribution in [2.75, 3.05) is 40.9 Å². The number of rotatable bonds is 48. The van der Waals surface area contributed by atoms with E-state index in [0.717, 1.165) is 116 Å². The highest BCUT2D eigenvalue weighted by atomic mass is 31.2. The Balaban J connectivity index is 4.08. The molecule has 0 aromatic carbocycles. The van der Waals surface area contributed by atoms with Gasteiger partial charge >= 0.3 is 0 Å². The van der Waals surface area contributed by atoms with Crippen molar-refractivity contribution < 1.29 is 32.9 Å². The van der Waals surface area contributed by atoms with Gasteiger partial charge in [-0.25, -0.2) is 0 Å². The lowest BCUT2D eigenvalue weighted by molar-refractivity contribution is -0.870. The Bertz CT molecular complexity index is 1590. The number of quaternary nitrogens is 1. The highest BCUT2D eigenvalue weighted by Crippen LogP contribution is 2.38. The molecule has 9 heteroatoms. The maximum absolute atomic E-state index is 12.9. The van der Waals surface area contributed by atoms with Crippen molar-refractivity contribution in [3.8, 4) is 0 Å². The van der Waals surface area contributed by atoms with Gasteiger partial charge in [-0.15, -0.1) is 0 Å². The van der Waals surface area contributed by atoms with E-state index in [-0.39, 0.29) is 12.5 Å². The Morgan fingerprint density at radius 2 is 0.871 bits per heavy atom. The van der Waals surface area contributed by atoms with Crippen LogP contribution in [0.1, 0.15) is 194 Å². The van der Waals surface area contributed by atoms with Gasteiger partial charge in [0.2, 0.25) is 5.91 Å². The van der Waals surface area contributed by atoms with Gasteiger partial charge < -0.3 is 28.8 Å². The molecule has 0 rings (SSSR count). The Kier molecular flexibility index (Phi) is 48.1. The first-order valence-corrected chi connectivity index (χ1v) is 29.0. The Labute approximate surface area is 430 Å². The van der Waals surface area contributed by atoms with Crippen molar-refractivity contribution in [3.63, 3.8) is 0 Å². The standard InChI is InChI=1S/C61H103N2O6P/c1-6-8-10-12-14-16-17-18-19-20-21-22-23-24-25-26-27-28-29-30-31-32-33-34-35-36-37-38-39-40-41-42-43-44-45-47-49-51-53-55-61(65)62-59(58-69-70(66,67)68-57-56-63(3,4)5)60(64)54-52-50-48-46-15-13-11-9-7-2/h8,10,14,16,18-19,21-22,24-25,27-28,30-31,33-34,36-37,39-40,52,54,59-60,64H,6-7,9,11-13,15,17,20,23,26,29,32,35,38,41-51,53,55-58H2,1-5H3,(H-,62,65,66,67)/b10-8-,16-14-,19-18-,22-21-,25-24-,28-27-,31-30-,34-33-,37-36-,40-39-,54-52+. The van der Waals surface area contributed by atoms with Gasteiger partial charge in [-0.3, -0.25) is 9.36 Å². The molecule has 0 aromatic rings. The van der Waals surface area contributed by atoms with Crippen LogP contribution in [0.15, 0.2) is 134 Å². The molecular weight excluding hydrogens is 888 g/mol. The maximum Gasteiger partial charge on any atom is 0.268 e. The van der Waals surface area contributed by atoms with Gasteiger partial charge in [-0.2, -0.15) is 0 Å². The highest BCUT2D eigenvalue weighted by molar-refractivity contribution is 7.45. The van der Waals surface area contributed by atoms with Crippen LogP contribution in [-0.2, 0) is 18.4 Å². The van der Waals surface area contributed by atoms with Crippen molar-refractivity contribution in [2.24, 2.45) is 0 Å². The zero-order valence-electron chi connectivity index (χ0n) is 45.2. The van der Waals surface area contributed by atoms with Gasteiger partial charge in [0, 0.05) is 6.42 Å². The van der Waals surface area contributed by atoms with Gasteiger partial charge in [0.1, 0.15) is 13.2 Å². The quantitative estimate of drug-likeness (QED) is 0.0272. The number of allylic oxidation sites excluding steroid dienone is 21. The lowest BCUT2D eigenvalue weighted by Crippen LogP contribution is -2.45. The summed E-state index contributed by atoms with van der Waals surface area (Å²) in [6.07, 6.45) is 76.8. The summed E-state index contributed by atoms with van der Waals surface area (Å²) >= 11 is 0. The van der Waals surface area contributed by atoms with E-state index in [9.17, 15) is 19.4 Å². The number of phosphoric ester groups is 1. The maximum atomic E-state index is 12.9. The number of nitrogens with one attached hydrogen (secondary N) is 1. The van der Waals surface area contributed by atoms with Gasteiger partial charge in [0.15, 0.2) is 0 Å². The first-order valence-electron chi connectivity index (χ1n) is 27.5. The summed E-state index contributed by atoms with van der Waals surface area (Å²) in [7, 11) is 1.23. The van der Waals surface area contributed by atoms with Crippen LogP contribution in [0.3, 0.4) is 0 Å². The first-order chi connectivity index (χ1) is 34.0. The number of likely N-dealkylation sites (N-methyl/N-ethyl adjacent to an activating group) is 1. The molecule has 3 unspecified atom stereocenters. The highest BCUT2D eigenvalue weighted by Gasteiger charge is 2.23. The molecule has 0 aliphatic carbocycles. The van der Waals surface area contributed by atoms with Crippen molar-refractivity contribution in [3.05, 3.63) is 134 Å². The summed E-state index contributed by atoms with van der Waals surface area (Å²) in [4.78, 5) is 25.3. The molecule has 0 spiro atoms. The lowest BCUT2D eigenvalue weighted by Gasteiger charge is -2.29. The van der Waals surface area contributed by atoms with Crippen LogP contribution in [0, 0.1) is 0 Å². The average Bonchev–Trinajstić information content (AvgIpc) is 3.32. The molecule has 0 aromatic heterocycles. The third-order valence-electron chi connectivity index (χ3n) is 11.4. The molecule has 0 bridgehead atoms. The summed E-state index contributed by atoms with van der Waals surface area (Å²) in [5.41, 5.74) is 0. The number of carbonyl (C=O) groups excluding carboxylic acids is 1. The monoisotopic (exact) mass is 991 g/mol. The van der Waals surface area contributed by atoms with Crippen LogP contribution in [0.25, 0.3) is 0 Å². The minimum Gasteiger partial charge on any atom is -0.756 e. The molecule has 2 N–H and O–H groups in total. The Morgan fingerprint density at radius 3 is 1.27 bits per heavy atom. The number of aliphatic hydroxyl groups is 1. The van der Waals surface area contributed by atoms with Crippen LogP contribution < -0.4 is 10.2 Å². The van der Waals surface area contributed by atoms with E-state index in [2.05, 4.69) is 141 Å². The third-order valence-corrected chi connectivity index (χ3v) is 12.3. The smallest absolute Gasteiger partial charge is 0.268 e. The van der Waals surface area contributed by atoms with Gasteiger partial charge in [-0.05, 0) is 96.3 Å². The third kappa shape index (κ3) is 52.5. The van der Waals surface area contributed by atoms with Crippen molar-refractivity contribution >= 4 is 13.7 Å². The molecule has 0 aliphatic rings. The summed E-state index contributed by atoms with van der Waals surface area (Å²) in [5.74, 6) is -0.215. The number of amides is 1. The predicted octanol–water partition coefficient (Wildman–Crippen LogP) is 16.1. The predicted molar refractivity (Wildman–Crippen MR) is 302 cm³/mol. The number of nitrogens with zero attached hydrogens (tertiary/aromatic N) is 1. The average molecular weight is 991 g/mol. The molecule has 3 atom stereocenters. The van der Waals surface area contributed by atoms with Crippen molar-refractivity contribution in [2.45, 2.75) is 206 Å². The van der Waals surface area contributed by atoms with Crippen LogP contribution >= 0.6 is 7.82 Å². The zero-order valence-corrected chi connectivity index (χ0v) is 46.1. The second kappa shape index (κ2) is 50.6. The van der Waals surface area contributed by atoms with E-state index in [4.69, 9.17) is 9.05 Å². The van der Waals surface area contributed by atoms with E-state index in [1.807, 2.05) is 27.2 Å². The number of hydrogen-bond donors (Lipinski definition) is 2. The van der Waals surface area contributed by atoms with Crippen LogP contribution in [0.5, 0.6) is 0 Å². The van der Waals surface area contributed by atoms with Gasteiger partial charge in [-0.1, -0.05) is 225 Å². The largest absolute Gasteiger partial charge is 0.756 e. The number of phosphoric acid groups is 1. The van der Waals surface area contributed by atoms with Crippen molar-refractivity contribution in [1.82, 2.24) is 5.32 Å². The molecule has 0 aliphatic heterocycles. The van der Waals surface area contributed by atoms with E-state index >= 15 is 0 Å². The minimum absolute atomic E-state index is 0.00957. The summed E-state index contributed by atoms with van der Waals surface area (Å²) in [6, 6.07) is -0.898. The van der Waals surface area contributed by atoms with E-state index in [1.165, 1.54) is 57.8 Å². The normalized spacial score (nSPS) is 15.0. The van der Waals surface area contributed by atoms with Crippen molar-refractivity contribution in [1.29, 1.82) is 0 Å². The first kappa shape index (κ1) is 66.6. The molecule has 0 saturated heterocycles. The molecule has 0 saturated carbocycles. The molecule has 0 fully saturated rings. The molecule has 8 nitrogen and oxygen atoms in total. The molecule has 398 valence electrons. The second-order valence-electron chi connectivity index (χ2n) is 19.2. The van der Waals surface area contributed by atoms with Gasteiger partial charge in [0.25, 0.3) is 7.82 Å². The van der Waals surface area contributed by atoms with Crippen LogP contribution in [-0.4, -0.2) is 68.5 Å². The Morgan fingerprint density at radius 1 is 0.514 bits per heavy atom. The van der Waals surface area contributed by atoms with E-state index in [0.29, 0.717) is 17.4 Å². The van der Waals surface area contributed by atoms with E-state index < -0.39 is 26.6 Å². The molecule has 1 amide bonds. The number of unbranched alkanes of at least 4 members (excludes halogenated alkanes) is 15. The molecule has 70 heavy (non-hydrogen) atoms. The topological polar surface area (TPSA) is 108 Å². The number of hydrogen-bond acceptors (Lipinski definition) is 6. The zero-order chi connectivity index (χ0) is 51.3. The summed E-state index contributed by atoms with van der Waals surface area (Å²) < 4.78 is 23.2. The summed E-state index contributed by atoms with van der Waals surface area (Å²) in [6.45, 7) is 4.46. The molecule has 0 radical (unpaired) electrons. The SMILES string of the molecule is CC/C=C\C/C=C\C/C=C\C/C=C\C/C=C\C/C=C\C/C=C\C/C=C\C/C=C\C/C=C\CCCCCCCCCCC(=O)NC(COP(=O)([O-])OCC[N+](C)(C)C)C(O)/C=C/CCCCCCCCC. The minimum atomic E-state index is -4.60. The van der Waals surface area contributed by atoms with Crippen LogP contribution in [0.4, 0.5) is 0 Å². The second-order valence-corrected chi connectivity index (χ2v) is 20.6. The summed E-state index contributed by atoms with van der Waals surface area (Å²) in [5, 5.41) is 13.7. The number of carbonyl (C=O) groups is 1. The fraction of sp³-hybridized carbons (Fsp3) is 0.623.